The van der Waals surface area contributed by atoms with Gasteiger partial charge < -0.3 is 14.2 Å². The number of rotatable bonds is 44. The Hall–Kier alpha value is -3.70. The lowest BCUT2D eigenvalue weighted by atomic mass is 10.1. The minimum absolute atomic E-state index is 0.0439. The first-order valence-electron chi connectivity index (χ1n) is 25.1. The summed E-state index contributed by atoms with van der Waals surface area (Å²) in [6.45, 7) is 7.43. The van der Waals surface area contributed by atoms with Crippen LogP contribution in [-0.2, 0) is 23.8 Å². The molecular formula is C57H92O5. The van der Waals surface area contributed by atoms with Gasteiger partial charge in [-0.25, -0.2) is 0 Å². The molecule has 5 nitrogen and oxygen atoms in total. The molecule has 0 spiro atoms. The molecule has 0 saturated heterocycles. The van der Waals surface area contributed by atoms with Crippen molar-refractivity contribution in [2.75, 3.05) is 19.8 Å². The molecule has 0 saturated carbocycles. The van der Waals surface area contributed by atoms with Gasteiger partial charge in [0, 0.05) is 19.4 Å². The molecular weight excluding hydrogens is 765 g/mol. The van der Waals surface area contributed by atoms with Gasteiger partial charge in [-0.3, -0.25) is 9.59 Å². The number of hydrogen-bond acceptors (Lipinski definition) is 5. The highest BCUT2D eigenvalue weighted by Gasteiger charge is 2.17. The first kappa shape index (κ1) is 58.3. The number of unbranched alkanes of at least 4 members (excludes halogenated alkanes) is 13. The predicted octanol–water partition coefficient (Wildman–Crippen LogP) is 17.0. The average molecular weight is 857 g/mol. The van der Waals surface area contributed by atoms with Crippen LogP contribution in [0.3, 0.4) is 0 Å². The summed E-state index contributed by atoms with van der Waals surface area (Å²) in [6.07, 6.45) is 72.1. The molecule has 0 heterocycles. The van der Waals surface area contributed by atoms with Crippen LogP contribution in [0, 0.1) is 0 Å². The molecule has 0 rings (SSSR count). The number of ether oxygens (including phenoxy) is 3. The minimum atomic E-state index is -0.578. The predicted molar refractivity (Wildman–Crippen MR) is 269 cm³/mol. The molecule has 5 heteroatoms. The normalized spacial score (nSPS) is 13.3. The molecule has 0 radical (unpaired) electrons. The summed E-state index contributed by atoms with van der Waals surface area (Å²) in [5, 5.41) is 0. The highest BCUT2D eigenvalue weighted by atomic mass is 16.6. The summed E-state index contributed by atoms with van der Waals surface area (Å²) in [5.74, 6) is -0.474. The lowest BCUT2D eigenvalue weighted by Crippen LogP contribution is -2.30. The van der Waals surface area contributed by atoms with Crippen LogP contribution < -0.4 is 0 Å². The zero-order valence-electron chi connectivity index (χ0n) is 40.1. The molecule has 62 heavy (non-hydrogen) atoms. The molecule has 0 aliphatic rings. The van der Waals surface area contributed by atoms with Crippen molar-refractivity contribution in [3.05, 3.63) is 122 Å². The number of hydrogen-bond donors (Lipinski definition) is 0. The number of esters is 2. The molecule has 1 atom stereocenters. The topological polar surface area (TPSA) is 61.8 Å². The van der Waals surface area contributed by atoms with E-state index in [0.29, 0.717) is 19.4 Å². The van der Waals surface area contributed by atoms with Gasteiger partial charge >= 0.3 is 11.9 Å². The fraction of sp³-hybridized carbons (Fsp3) is 0.614. The minimum Gasteiger partial charge on any atom is -0.462 e. The van der Waals surface area contributed by atoms with Crippen LogP contribution in [-0.4, -0.2) is 37.9 Å². The Morgan fingerprint density at radius 3 is 1.19 bits per heavy atom. The third-order valence-electron chi connectivity index (χ3n) is 9.96. The second kappa shape index (κ2) is 51.6. The van der Waals surface area contributed by atoms with Crippen LogP contribution in [0.4, 0.5) is 0 Å². The quantitative estimate of drug-likeness (QED) is 0.0347. The molecule has 0 aliphatic carbocycles. The largest absolute Gasteiger partial charge is 0.462 e. The summed E-state index contributed by atoms with van der Waals surface area (Å²) in [5.41, 5.74) is 0. The Morgan fingerprint density at radius 1 is 0.371 bits per heavy atom. The summed E-state index contributed by atoms with van der Waals surface area (Å²) in [4.78, 5) is 25.3. The van der Waals surface area contributed by atoms with Crippen molar-refractivity contribution in [3.8, 4) is 0 Å². The standard InChI is InChI=1S/C57H92O5/c1-4-7-10-13-16-19-22-24-26-28-29-30-31-33-36-38-41-44-47-50-56(58)61-54-55(62-57(59)51-48-45-42-39-35-21-18-15-12-9-6-3)53-60-52-49-46-43-40-37-34-32-27-25-23-20-17-14-11-8-5-2/h7-8,10-11,15-20,24-27,29-30,33-34,36-37,55H,4-6,9,12-14,21-23,28,31-32,35,38-54H2,1-3H3/b10-7-,11-8-,18-15-,19-16-,20-17-,26-24-,27-25-,30-29-,36-33-,37-34-. The third kappa shape index (κ3) is 49.0. The average Bonchev–Trinajstić information content (AvgIpc) is 3.27. The van der Waals surface area contributed by atoms with Gasteiger partial charge in [0.25, 0.3) is 0 Å². The molecule has 0 amide bonds. The lowest BCUT2D eigenvalue weighted by molar-refractivity contribution is -0.163. The highest BCUT2D eigenvalue weighted by Crippen LogP contribution is 2.12. The first-order valence-corrected chi connectivity index (χ1v) is 25.1. The highest BCUT2D eigenvalue weighted by molar-refractivity contribution is 5.70. The molecule has 350 valence electrons. The van der Waals surface area contributed by atoms with Crippen molar-refractivity contribution in [2.24, 2.45) is 0 Å². The van der Waals surface area contributed by atoms with Crippen molar-refractivity contribution in [1.29, 1.82) is 0 Å². The van der Waals surface area contributed by atoms with E-state index in [9.17, 15) is 9.59 Å². The smallest absolute Gasteiger partial charge is 0.306 e. The van der Waals surface area contributed by atoms with Crippen LogP contribution in [0.5, 0.6) is 0 Å². The summed E-state index contributed by atoms with van der Waals surface area (Å²) >= 11 is 0. The first-order chi connectivity index (χ1) is 30.6. The summed E-state index contributed by atoms with van der Waals surface area (Å²) in [6, 6.07) is 0. The third-order valence-corrected chi connectivity index (χ3v) is 9.96. The van der Waals surface area contributed by atoms with Crippen molar-refractivity contribution >= 4 is 11.9 Å². The number of carbonyl (C=O) groups is 2. The number of carbonyl (C=O) groups excluding carboxylic acids is 2. The molecule has 0 bridgehead atoms. The molecule has 0 aromatic heterocycles. The Labute approximate surface area is 382 Å². The molecule has 0 fully saturated rings. The van der Waals surface area contributed by atoms with E-state index in [1.807, 2.05) is 0 Å². The summed E-state index contributed by atoms with van der Waals surface area (Å²) in [7, 11) is 0. The van der Waals surface area contributed by atoms with Crippen molar-refractivity contribution in [3.63, 3.8) is 0 Å². The zero-order valence-corrected chi connectivity index (χ0v) is 40.1. The van der Waals surface area contributed by atoms with E-state index in [2.05, 4.69) is 142 Å². The second-order valence-electron chi connectivity index (χ2n) is 15.9. The Kier molecular flexibility index (Phi) is 48.6. The van der Waals surface area contributed by atoms with Crippen molar-refractivity contribution in [2.45, 2.75) is 207 Å². The lowest BCUT2D eigenvalue weighted by Gasteiger charge is -2.18. The second-order valence-corrected chi connectivity index (χ2v) is 15.9. The van der Waals surface area contributed by atoms with Crippen LogP contribution >= 0.6 is 0 Å². The van der Waals surface area contributed by atoms with E-state index in [0.717, 1.165) is 135 Å². The van der Waals surface area contributed by atoms with Gasteiger partial charge in [-0.2, -0.15) is 0 Å². The maximum atomic E-state index is 12.8. The van der Waals surface area contributed by atoms with Gasteiger partial charge in [0.1, 0.15) is 6.61 Å². The monoisotopic (exact) mass is 857 g/mol. The fourth-order valence-corrected chi connectivity index (χ4v) is 6.27. The van der Waals surface area contributed by atoms with Crippen LogP contribution in [0.2, 0.25) is 0 Å². The van der Waals surface area contributed by atoms with Gasteiger partial charge in [0.15, 0.2) is 6.10 Å². The van der Waals surface area contributed by atoms with E-state index in [1.54, 1.807) is 0 Å². The Bertz CT molecular complexity index is 1290. The van der Waals surface area contributed by atoms with E-state index in [1.165, 1.54) is 32.1 Å². The maximum absolute atomic E-state index is 12.8. The molecule has 0 aromatic carbocycles. The molecule has 0 aliphatic heterocycles. The van der Waals surface area contributed by atoms with Gasteiger partial charge in [-0.1, -0.05) is 187 Å². The van der Waals surface area contributed by atoms with E-state index < -0.39 is 6.10 Å². The number of allylic oxidation sites excluding steroid dienone is 20. The van der Waals surface area contributed by atoms with Gasteiger partial charge in [-0.05, 0) is 122 Å². The molecule has 1 unspecified atom stereocenters. The van der Waals surface area contributed by atoms with Gasteiger partial charge in [-0.15, -0.1) is 0 Å². The fourth-order valence-electron chi connectivity index (χ4n) is 6.27. The van der Waals surface area contributed by atoms with E-state index in [4.69, 9.17) is 14.2 Å². The Morgan fingerprint density at radius 2 is 0.726 bits per heavy atom. The summed E-state index contributed by atoms with van der Waals surface area (Å²) < 4.78 is 17.3. The van der Waals surface area contributed by atoms with Gasteiger partial charge in [0.05, 0.1) is 6.61 Å². The maximum Gasteiger partial charge on any atom is 0.306 e. The van der Waals surface area contributed by atoms with Crippen molar-refractivity contribution in [1.82, 2.24) is 0 Å². The van der Waals surface area contributed by atoms with Crippen LogP contribution in [0.1, 0.15) is 201 Å². The van der Waals surface area contributed by atoms with E-state index in [-0.39, 0.29) is 25.2 Å². The van der Waals surface area contributed by atoms with E-state index >= 15 is 0 Å². The van der Waals surface area contributed by atoms with Crippen LogP contribution in [0.15, 0.2) is 122 Å². The van der Waals surface area contributed by atoms with Gasteiger partial charge in [0.2, 0.25) is 0 Å². The molecule has 0 N–H and O–H groups in total. The molecule has 0 aromatic rings. The Balaban J connectivity index is 4.39. The van der Waals surface area contributed by atoms with Crippen LogP contribution in [0.25, 0.3) is 0 Å². The SMILES string of the molecule is CC/C=C\C/C=C\C/C=C\C/C=C\C/C=C\CCCCCC(=O)OCC(COCCCCC/C=C\C/C=C\C/C=C\C/C=C\CC)OC(=O)CCCCCCC/C=C\CCCC. The van der Waals surface area contributed by atoms with Crippen molar-refractivity contribution < 1.29 is 23.8 Å². The zero-order chi connectivity index (χ0) is 44.9.